The number of hydrogen-bond acceptors (Lipinski definition) is 5. The first-order chi connectivity index (χ1) is 9.92. The highest BCUT2D eigenvalue weighted by Gasteiger charge is 2.17. The number of aromatic carboxylic acids is 1. The summed E-state index contributed by atoms with van der Waals surface area (Å²) in [6.07, 6.45) is 1.46. The van der Waals surface area contributed by atoms with E-state index >= 15 is 0 Å². The van der Waals surface area contributed by atoms with Crippen molar-refractivity contribution < 1.29 is 19.4 Å². The number of hydrogen-bond donors (Lipinski definition) is 2. The summed E-state index contributed by atoms with van der Waals surface area (Å²) in [7, 11) is 1.34. The van der Waals surface area contributed by atoms with Crippen molar-refractivity contribution in [3.05, 3.63) is 38.8 Å². The van der Waals surface area contributed by atoms with Crippen molar-refractivity contribution in [2.75, 3.05) is 12.4 Å². The first kappa shape index (κ1) is 15.3. The van der Waals surface area contributed by atoms with Gasteiger partial charge in [-0.15, -0.1) is 11.3 Å². The van der Waals surface area contributed by atoms with Crippen molar-refractivity contribution in [2.45, 2.75) is 6.92 Å². The summed E-state index contributed by atoms with van der Waals surface area (Å²) < 4.78 is 4.99. The molecule has 0 aliphatic carbocycles. The Morgan fingerprint density at radius 3 is 2.67 bits per heavy atom. The van der Waals surface area contributed by atoms with Crippen LogP contribution in [0.2, 0.25) is 5.02 Å². The Morgan fingerprint density at radius 2 is 2.14 bits per heavy atom. The molecule has 0 saturated carbocycles. The number of methoxy groups -OCH3 is 1. The molecule has 0 bridgehead atoms. The number of carbonyl (C=O) groups is 2. The summed E-state index contributed by atoms with van der Waals surface area (Å²) in [6.45, 7) is 1.79. The van der Waals surface area contributed by atoms with E-state index in [1.807, 2.05) is 0 Å². The molecule has 0 unspecified atom stereocenters. The third kappa shape index (κ3) is 3.32. The fourth-order valence-corrected chi connectivity index (χ4v) is 2.52. The molecule has 0 spiro atoms. The molecular formula is C13H11ClN2O4S. The fourth-order valence-electron chi connectivity index (χ4n) is 1.64. The second-order valence-corrected chi connectivity index (χ2v) is 5.68. The molecule has 8 heteroatoms. The zero-order valence-electron chi connectivity index (χ0n) is 11.1. The van der Waals surface area contributed by atoms with Crippen molar-refractivity contribution in [3.8, 4) is 5.75 Å². The minimum atomic E-state index is -1.16. The lowest BCUT2D eigenvalue weighted by Crippen LogP contribution is -2.11. The Bertz CT molecular complexity index is 714. The molecule has 2 rings (SSSR count). The molecule has 2 aromatic rings. The molecule has 1 aromatic carbocycles. The summed E-state index contributed by atoms with van der Waals surface area (Å²) in [5, 5.41) is 12.5. The topological polar surface area (TPSA) is 88.5 Å². The van der Waals surface area contributed by atoms with Crippen molar-refractivity contribution in [2.24, 2.45) is 0 Å². The molecule has 110 valence electrons. The van der Waals surface area contributed by atoms with E-state index in [1.165, 1.54) is 36.8 Å². The maximum atomic E-state index is 12.0. The van der Waals surface area contributed by atoms with Gasteiger partial charge in [-0.1, -0.05) is 11.6 Å². The second-order valence-electron chi connectivity index (χ2n) is 4.04. The van der Waals surface area contributed by atoms with Gasteiger partial charge in [-0.2, -0.15) is 0 Å². The Morgan fingerprint density at radius 1 is 1.43 bits per heavy atom. The number of aromatic nitrogens is 1. The third-order valence-electron chi connectivity index (χ3n) is 2.61. The molecule has 2 N–H and O–H groups in total. The van der Waals surface area contributed by atoms with Crippen molar-refractivity contribution in [1.82, 2.24) is 4.98 Å². The molecule has 0 radical (unpaired) electrons. The van der Waals surface area contributed by atoms with E-state index in [-0.39, 0.29) is 27.9 Å². The number of halogens is 1. The van der Waals surface area contributed by atoms with E-state index in [9.17, 15) is 9.59 Å². The molecule has 0 atom stereocenters. The summed E-state index contributed by atoms with van der Waals surface area (Å²) in [6, 6.07) is 2.60. The average Bonchev–Trinajstić information content (AvgIpc) is 2.87. The average molecular weight is 327 g/mol. The Hall–Kier alpha value is -2.12. The van der Waals surface area contributed by atoms with E-state index in [2.05, 4.69) is 10.3 Å². The lowest BCUT2D eigenvalue weighted by molar-refractivity contribution is 0.0693. The van der Waals surface area contributed by atoms with Gasteiger partial charge in [0.2, 0.25) is 0 Å². The molecular weight excluding hydrogens is 316 g/mol. The standard InChI is InChI=1S/C13H11ClN2O4S/c1-6-15-5-11(21-6)12(17)16-9-4-10(20-2)7(13(18)19)3-8(9)14/h3-5H,1-2H3,(H,16,17)(H,18,19). The monoisotopic (exact) mass is 326 g/mol. The normalized spacial score (nSPS) is 10.2. The van der Waals surface area contributed by atoms with Gasteiger partial charge in [-0.3, -0.25) is 4.79 Å². The molecule has 6 nitrogen and oxygen atoms in total. The van der Waals surface area contributed by atoms with Crippen LogP contribution in [0.1, 0.15) is 25.0 Å². The molecule has 1 aromatic heterocycles. The first-order valence-electron chi connectivity index (χ1n) is 5.77. The zero-order valence-corrected chi connectivity index (χ0v) is 12.7. The third-order valence-corrected chi connectivity index (χ3v) is 3.84. The van der Waals surface area contributed by atoms with Crippen molar-refractivity contribution in [3.63, 3.8) is 0 Å². The number of carboxylic acids is 1. The van der Waals surface area contributed by atoms with Crippen LogP contribution in [-0.2, 0) is 0 Å². The number of nitrogens with zero attached hydrogens (tertiary/aromatic N) is 1. The number of benzene rings is 1. The van der Waals surface area contributed by atoms with Gasteiger partial charge in [0.15, 0.2) is 0 Å². The van der Waals surface area contributed by atoms with Crippen LogP contribution in [-0.4, -0.2) is 29.1 Å². The van der Waals surface area contributed by atoms with Gasteiger partial charge in [0, 0.05) is 6.07 Å². The van der Waals surface area contributed by atoms with Gasteiger partial charge in [0.1, 0.15) is 16.2 Å². The molecule has 21 heavy (non-hydrogen) atoms. The highest BCUT2D eigenvalue weighted by atomic mass is 35.5. The van der Waals surface area contributed by atoms with Crippen LogP contribution in [0.15, 0.2) is 18.3 Å². The van der Waals surface area contributed by atoms with Crippen LogP contribution < -0.4 is 10.1 Å². The van der Waals surface area contributed by atoms with Gasteiger partial charge in [-0.05, 0) is 13.0 Å². The minimum Gasteiger partial charge on any atom is -0.496 e. The minimum absolute atomic E-state index is 0.0749. The van der Waals surface area contributed by atoms with Crippen LogP contribution in [0, 0.1) is 6.92 Å². The number of aryl methyl sites for hydroxylation is 1. The quantitative estimate of drug-likeness (QED) is 0.901. The maximum absolute atomic E-state index is 12.0. The maximum Gasteiger partial charge on any atom is 0.339 e. The smallest absolute Gasteiger partial charge is 0.339 e. The van der Waals surface area contributed by atoms with E-state index in [0.29, 0.717) is 4.88 Å². The number of thiazole rings is 1. The summed E-state index contributed by atoms with van der Waals surface area (Å²) in [5.41, 5.74) is 0.198. The van der Waals surface area contributed by atoms with Crippen LogP contribution >= 0.6 is 22.9 Å². The first-order valence-corrected chi connectivity index (χ1v) is 6.96. The fraction of sp³-hybridized carbons (Fsp3) is 0.154. The highest BCUT2D eigenvalue weighted by molar-refractivity contribution is 7.13. The van der Waals surface area contributed by atoms with Gasteiger partial charge < -0.3 is 15.2 Å². The van der Waals surface area contributed by atoms with Gasteiger partial charge >= 0.3 is 5.97 Å². The van der Waals surface area contributed by atoms with Crippen LogP contribution in [0.4, 0.5) is 5.69 Å². The molecule has 0 aliphatic rings. The summed E-state index contributed by atoms with van der Waals surface area (Å²) >= 11 is 7.24. The summed E-state index contributed by atoms with van der Waals surface area (Å²) in [5.74, 6) is -1.42. The number of ether oxygens (including phenoxy) is 1. The molecule has 1 amide bonds. The molecule has 0 aliphatic heterocycles. The number of carboxylic acid groups (broad SMARTS) is 1. The Labute approximate surface area is 129 Å². The molecule has 0 fully saturated rings. The van der Waals surface area contributed by atoms with E-state index in [4.69, 9.17) is 21.4 Å². The van der Waals surface area contributed by atoms with E-state index < -0.39 is 5.97 Å². The van der Waals surface area contributed by atoms with Crippen LogP contribution in [0.3, 0.4) is 0 Å². The van der Waals surface area contributed by atoms with E-state index in [0.717, 1.165) is 5.01 Å². The predicted octanol–water partition coefficient (Wildman–Crippen LogP) is 3.06. The number of anilines is 1. The number of nitrogens with one attached hydrogen (secondary N) is 1. The molecule has 0 saturated heterocycles. The van der Waals surface area contributed by atoms with Crippen LogP contribution in [0.25, 0.3) is 0 Å². The number of amides is 1. The second kappa shape index (κ2) is 6.11. The predicted molar refractivity (Wildman–Crippen MR) is 79.8 cm³/mol. The van der Waals surface area contributed by atoms with Gasteiger partial charge in [0.05, 0.1) is 29.0 Å². The van der Waals surface area contributed by atoms with Crippen LogP contribution in [0.5, 0.6) is 5.75 Å². The highest BCUT2D eigenvalue weighted by Crippen LogP contribution is 2.31. The van der Waals surface area contributed by atoms with Gasteiger partial charge in [0.25, 0.3) is 5.91 Å². The Kier molecular flexibility index (Phi) is 4.44. The van der Waals surface area contributed by atoms with Crippen molar-refractivity contribution >= 4 is 40.5 Å². The molecule has 1 heterocycles. The summed E-state index contributed by atoms with van der Waals surface area (Å²) in [4.78, 5) is 27.5. The number of rotatable bonds is 4. The zero-order chi connectivity index (χ0) is 15.6. The lowest BCUT2D eigenvalue weighted by Gasteiger charge is -2.11. The van der Waals surface area contributed by atoms with Gasteiger partial charge in [-0.25, -0.2) is 9.78 Å². The Balaban J connectivity index is 2.32. The van der Waals surface area contributed by atoms with Crippen molar-refractivity contribution in [1.29, 1.82) is 0 Å². The SMILES string of the molecule is COc1cc(NC(=O)c2cnc(C)s2)c(Cl)cc1C(=O)O. The number of carbonyl (C=O) groups excluding carboxylic acids is 1. The lowest BCUT2D eigenvalue weighted by atomic mass is 10.1. The largest absolute Gasteiger partial charge is 0.496 e. The van der Waals surface area contributed by atoms with E-state index in [1.54, 1.807) is 6.92 Å².